The molecule has 1 atom stereocenters. The smallest absolute Gasteiger partial charge is 0.337 e. The van der Waals surface area contributed by atoms with Crippen LogP contribution in [0, 0.1) is 5.92 Å². The van der Waals surface area contributed by atoms with Crippen molar-refractivity contribution in [3.8, 4) is 0 Å². The fourth-order valence-corrected chi connectivity index (χ4v) is 1.67. The van der Waals surface area contributed by atoms with E-state index >= 15 is 0 Å². The Morgan fingerprint density at radius 1 is 1.53 bits per heavy atom. The van der Waals surface area contributed by atoms with Crippen molar-refractivity contribution in [2.45, 2.75) is 6.92 Å². The second kappa shape index (κ2) is 3.31. The predicted molar refractivity (Wildman–Crippen MR) is 54.5 cm³/mol. The van der Waals surface area contributed by atoms with Gasteiger partial charge < -0.3 is 5.11 Å². The Kier molecular flexibility index (Phi) is 2.11. The van der Waals surface area contributed by atoms with Gasteiger partial charge in [-0.05, 0) is 13.0 Å². The molecule has 0 saturated heterocycles. The molecule has 76 valence electrons. The molecule has 0 spiro atoms. The van der Waals surface area contributed by atoms with E-state index in [4.69, 9.17) is 5.11 Å². The molecule has 0 saturated carbocycles. The molecule has 1 N–H and O–H groups in total. The summed E-state index contributed by atoms with van der Waals surface area (Å²) in [5, 5.41) is 8.94. The fourth-order valence-electron chi connectivity index (χ4n) is 1.67. The van der Waals surface area contributed by atoms with Crippen LogP contribution in [0.3, 0.4) is 0 Å². The number of carboxylic acid groups (broad SMARTS) is 1. The fraction of sp³-hybridized carbons (Fsp3) is 0.182. The van der Waals surface area contributed by atoms with E-state index in [1.807, 2.05) is 0 Å². The molecule has 4 heteroatoms. The molecular weight excluding hydrogens is 194 g/mol. The summed E-state index contributed by atoms with van der Waals surface area (Å²) in [6, 6.07) is 0. The summed E-state index contributed by atoms with van der Waals surface area (Å²) in [6.45, 7) is 1.68. The van der Waals surface area contributed by atoms with Gasteiger partial charge >= 0.3 is 5.97 Å². The number of aliphatic carboxylic acids is 1. The van der Waals surface area contributed by atoms with Gasteiger partial charge in [0.05, 0.1) is 17.2 Å². The van der Waals surface area contributed by atoms with E-state index in [-0.39, 0.29) is 11.4 Å². The molecule has 0 aromatic heterocycles. The Balaban J connectivity index is 2.52. The van der Waals surface area contributed by atoms with Crippen LogP contribution in [-0.4, -0.2) is 22.6 Å². The molecule has 1 heterocycles. The van der Waals surface area contributed by atoms with E-state index < -0.39 is 11.9 Å². The summed E-state index contributed by atoms with van der Waals surface area (Å²) in [7, 11) is 0. The number of hydrogen-bond donors (Lipinski definition) is 1. The Labute approximate surface area is 86.3 Å². The molecule has 15 heavy (non-hydrogen) atoms. The van der Waals surface area contributed by atoms with Gasteiger partial charge in [-0.15, -0.1) is 0 Å². The molecule has 1 aliphatic heterocycles. The van der Waals surface area contributed by atoms with Gasteiger partial charge in [-0.2, -0.15) is 0 Å². The molecule has 2 rings (SSSR count). The van der Waals surface area contributed by atoms with Crippen LogP contribution in [0.4, 0.5) is 0 Å². The minimum absolute atomic E-state index is 0.100. The number of carboxylic acids is 1. The van der Waals surface area contributed by atoms with E-state index in [0.717, 1.165) is 0 Å². The Bertz CT molecular complexity index is 466. The number of ketones is 1. The summed E-state index contributed by atoms with van der Waals surface area (Å²) in [4.78, 5) is 26.6. The summed E-state index contributed by atoms with van der Waals surface area (Å²) in [6.07, 6.45) is 6.14. The summed E-state index contributed by atoms with van der Waals surface area (Å²) < 4.78 is 0. The average molecular weight is 203 g/mol. The van der Waals surface area contributed by atoms with Crippen LogP contribution in [0.1, 0.15) is 6.92 Å². The summed E-state index contributed by atoms with van der Waals surface area (Å²) in [5.74, 6) is -1.68. The van der Waals surface area contributed by atoms with E-state index in [2.05, 4.69) is 4.99 Å². The normalized spacial score (nSPS) is 23.9. The number of hydrogen-bond acceptors (Lipinski definition) is 3. The minimum atomic E-state index is -1.05. The Hall–Kier alpha value is -1.97. The lowest BCUT2D eigenvalue weighted by atomic mass is 9.86. The number of nitrogens with zero attached hydrogens (tertiary/aromatic N) is 1. The van der Waals surface area contributed by atoms with Gasteiger partial charge in [0.1, 0.15) is 0 Å². The first-order valence-electron chi connectivity index (χ1n) is 4.52. The second-order valence-corrected chi connectivity index (χ2v) is 3.43. The second-order valence-electron chi connectivity index (χ2n) is 3.43. The quantitative estimate of drug-likeness (QED) is 0.694. The molecule has 0 aromatic carbocycles. The van der Waals surface area contributed by atoms with E-state index in [9.17, 15) is 9.59 Å². The molecule has 1 aliphatic carbocycles. The predicted octanol–water partition coefficient (Wildman–Crippen LogP) is 1.11. The number of fused-ring (bicyclic) bond motifs is 1. The molecule has 2 aliphatic rings. The van der Waals surface area contributed by atoms with Gasteiger partial charge in [-0.1, -0.05) is 12.2 Å². The topological polar surface area (TPSA) is 66.7 Å². The van der Waals surface area contributed by atoms with Gasteiger partial charge in [0, 0.05) is 11.8 Å². The highest BCUT2D eigenvalue weighted by molar-refractivity contribution is 6.29. The van der Waals surface area contributed by atoms with Crippen LogP contribution >= 0.6 is 0 Å². The number of rotatable bonds is 1. The first kappa shape index (κ1) is 9.58. The monoisotopic (exact) mass is 203 g/mol. The van der Waals surface area contributed by atoms with Crippen molar-refractivity contribution in [2.24, 2.45) is 10.9 Å². The number of allylic oxidation sites excluding steroid dienone is 5. The van der Waals surface area contributed by atoms with Gasteiger partial charge in [-0.3, -0.25) is 9.79 Å². The van der Waals surface area contributed by atoms with Crippen LogP contribution in [0.5, 0.6) is 0 Å². The van der Waals surface area contributed by atoms with Gasteiger partial charge in [0.2, 0.25) is 0 Å². The highest BCUT2D eigenvalue weighted by Crippen LogP contribution is 2.23. The lowest BCUT2D eigenvalue weighted by Gasteiger charge is -2.20. The van der Waals surface area contributed by atoms with Gasteiger partial charge in [0.25, 0.3) is 0 Å². The lowest BCUT2D eigenvalue weighted by Crippen LogP contribution is -2.30. The van der Waals surface area contributed by atoms with Crippen molar-refractivity contribution < 1.29 is 14.7 Å². The van der Waals surface area contributed by atoms with Crippen LogP contribution in [0.15, 0.2) is 40.6 Å². The maximum Gasteiger partial charge on any atom is 0.337 e. The SMILES string of the molecule is CC1=CC(=O)C2C=CC=C(C(=O)O)C2=N1. The largest absolute Gasteiger partial charge is 0.478 e. The average Bonchev–Trinajstić information content (AvgIpc) is 2.16. The number of aliphatic imine (C=N–C) groups is 1. The van der Waals surface area contributed by atoms with E-state index in [1.165, 1.54) is 12.2 Å². The third-order valence-electron chi connectivity index (χ3n) is 2.32. The first-order valence-corrected chi connectivity index (χ1v) is 4.52. The molecular formula is C11H9NO3. The Morgan fingerprint density at radius 3 is 2.93 bits per heavy atom. The van der Waals surface area contributed by atoms with Crippen molar-refractivity contribution in [3.05, 3.63) is 35.6 Å². The molecule has 0 aromatic rings. The first-order chi connectivity index (χ1) is 7.09. The number of carbonyl (C=O) groups is 2. The molecule has 0 fully saturated rings. The van der Waals surface area contributed by atoms with Crippen LogP contribution in [0.2, 0.25) is 0 Å². The van der Waals surface area contributed by atoms with Gasteiger partial charge in [-0.25, -0.2) is 4.79 Å². The zero-order valence-corrected chi connectivity index (χ0v) is 8.10. The summed E-state index contributed by atoms with van der Waals surface area (Å²) in [5.41, 5.74) is 0.993. The van der Waals surface area contributed by atoms with Crippen molar-refractivity contribution in [3.63, 3.8) is 0 Å². The highest BCUT2D eigenvalue weighted by Gasteiger charge is 2.30. The zero-order chi connectivity index (χ0) is 11.0. The molecule has 0 radical (unpaired) electrons. The molecule has 4 nitrogen and oxygen atoms in total. The molecule has 0 bridgehead atoms. The maximum atomic E-state index is 11.6. The third kappa shape index (κ3) is 1.54. The molecule has 0 amide bonds. The van der Waals surface area contributed by atoms with Crippen molar-refractivity contribution in [1.29, 1.82) is 0 Å². The Morgan fingerprint density at radius 2 is 2.27 bits per heavy atom. The minimum Gasteiger partial charge on any atom is -0.478 e. The van der Waals surface area contributed by atoms with Crippen LogP contribution in [-0.2, 0) is 9.59 Å². The lowest BCUT2D eigenvalue weighted by molar-refractivity contribution is -0.132. The number of carbonyl (C=O) groups excluding carboxylic acids is 1. The highest BCUT2D eigenvalue weighted by atomic mass is 16.4. The van der Waals surface area contributed by atoms with E-state index in [1.54, 1.807) is 19.1 Å². The summed E-state index contributed by atoms with van der Waals surface area (Å²) >= 11 is 0. The van der Waals surface area contributed by atoms with Crippen molar-refractivity contribution in [1.82, 2.24) is 0 Å². The maximum absolute atomic E-state index is 11.6. The van der Waals surface area contributed by atoms with Crippen LogP contribution in [0.25, 0.3) is 0 Å². The van der Waals surface area contributed by atoms with E-state index in [0.29, 0.717) is 11.4 Å². The van der Waals surface area contributed by atoms with Gasteiger partial charge in [0.15, 0.2) is 5.78 Å². The molecule has 1 unspecified atom stereocenters. The third-order valence-corrected chi connectivity index (χ3v) is 2.32. The standard InChI is InChI=1S/C11H9NO3/c1-6-5-9(13)7-3-2-4-8(11(14)15)10(7)12-6/h2-5,7H,1H3,(H,14,15). The zero-order valence-electron chi connectivity index (χ0n) is 8.10. The van der Waals surface area contributed by atoms with Crippen molar-refractivity contribution >= 4 is 17.5 Å². The van der Waals surface area contributed by atoms with Crippen LogP contribution < -0.4 is 0 Å². The van der Waals surface area contributed by atoms with Crippen molar-refractivity contribution in [2.75, 3.05) is 0 Å².